The molecule has 0 aliphatic carbocycles. The summed E-state index contributed by atoms with van der Waals surface area (Å²) in [6.45, 7) is 2.04. The Morgan fingerprint density at radius 2 is 1.68 bits per heavy atom. The molecule has 0 aliphatic heterocycles. The molecule has 0 atom stereocenters. The van der Waals surface area contributed by atoms with E-state index in [0.29, 0.717) is 23.1 Å². The van der Waals surface area contributed by atoms with Gasteiger partial charge in [0.1, 0.15) is 11.3 Å². The molecule has 1 amide bonds. The Morgan fingerprint density at radius 1 is 1.00 bits per heavy atom. The van der Waals surface area contributed by atoms with Gasteiger partial charge in [0.2, 0.25) is 17.6 Å². The summed E-state index contributed by atoms with van der Waals surface area (Å²) >= 11 is 0. The van der Waals surface area contributed by atoms with E-state index >= 15 is 0 Å². The van der Waals surface area contributed by atoms with Crippen LogP contribution in [0.1, 0.15) is 28.5 Å². The third-order valence-electron chi connectivity index (χ3n) is 5.76. The largest absolute Gasteiger partial charge is 0.497 e. The first-order valence-electron chi connectivity index (χ1n) is 10.9. The Bertz CT molecular complexity index is 1390. The summed E-state index contributed by atoms with van der Waals surface area (Å²) in [5.74, 6) is 1.30. The number of benzene rings is 3. The Hall–Kier alpha value is -4.39. The Morgan fingerprint density at radius 3 is 2.32 bits per heavy atom. The van der Waals surface area contributed by atoms with Crippen molar-refractivity contribution in [2.75, 3.05) is 7.11 Å². The summed E-state index contributed by atoms with van der Waals surface area (Å²) in [5.41, 5.74) is 3.41. The summed E-state index contributed by atoms with van der Waals surface area (Å²) in [4.78, 5) is 17.6. The molecular weight excluding hydrogens is 430 g/mol. The molecule has 0 aliphatic rings. The fourth-order valence-corrected chi connectivity index (χ4v) is 4.01. The van der Waals surface area contributed by atoms with Crippen LogP contribution in [0, 0.1) is 6.92 Å². The van der Waals surface area contributed by atoms with Gasteiger partial charge in [-0.15, -0.1) is 0 Å². The lowest BCUT2D eigenvalue weighted by Gasteiger charge is -2.17. The normalized spacial score (nSPS) is 11.1. The first kappa shape index (κ1) is 21.5. The number of hydrogen-bond donors (Lipinski definition) is 1. The minimum Gasteiger partial charge on any atom is -0.497 e. The summed E-state index contributed by atoms with van der Waals surface area (Å²) < 4.78 is 16.6. The van der Waals surface area contributed by atoms with Crippen molar-refractivity contribution in [3.63, 3.8) is 0 Å². The lowest BCUT2D eigenvalue weighted by atomic mass is 9.90. The highest BCUT2D eigenvalue weighted by molar-refractivity contribution is 5.88. The maximum Gasteiger partial charge on any atom is 0.246 e. The van der Waals surface area contributed by atoms with E-state index in [4.69, 9.17) is 13.7 Å². The third-order valence-corrected chi connectivity index (χ3v) is 5.76. The van der Waals surface area contributed by atoms with Gasteiger partial charge in [-0.1, -0.05) is 65.8 Å². The van der Waals surface area contributed by atoms with Crippen molar-refractivity contribution in [2.24, 2.45) is 0 Å². The van der Waals surface area contributed by atoms with Crippen molar-refractivity contribution in [3.8, 4) is 17.3 Å². The summed E-state index contributed by atoms with van der Waals surface area (Å²) in [6.07, 6.45) is 0. The van der Waals surface area contributed by atoms with E-state index in [1.54, 1.807) is 7.11 Å². The van der Waals surface area contributed by atoms with Crippen LogP contribution in [-0.2, 0) is 11.3 Å². The van der Waals surface area contributed by atoms with Crippen LogP contribution in [-0.4, -0.2) is 23.2 Å². The van der Waals surface area contributed by atoms with Gasteiger partial charge in [-0.25, -0.2) is 0 Å². The van der Waals surface area contributed by atoms with E-state index in [9.17, 15) is 4.79 Å². The molecule has 7 heteroatoms. The second-order valence-electron chi connectivity index (χ2n) is 7.90. The molecule has 5 aromatic rings. The molecule has 0 bridgehead atoms. The first-order chi connectivity index (χ1) is 16.6. The van der Waals surface area contributed by atoms with Crippen molar-refractivity contribution < 1.29 is 18.5 Å². The SMILES string of the molecule is COc1ccc2oc(-c3noc(CNC(=O)C(c4ccccc4)c4ccccc4)n3)c(C)c2c1. The number of hydrogen-bond acceptors (Lipinski definition) is 6. The number of carbonyl (C=O) groups is 1. The second-order valence-corrected chi connectivity index (χ2v) is 7.90. The number of ether oxygens (including phenoxy) is 1. The molecule has 170 valence electrons. The van der Waals surface area contributed by atoms with E-state index in [-0.39, 0.29) is 12.5 Å². The molecule has 5 rings (SSSR count). The third kappa shape index (κ3) is 4.15. The number of furan rings is 1. The number of fused-ring (bicyclic) bond motifs is 1. The van der Waals surface area contributed by atoms with Crippen LogP contribution >= 0.6 is 0 Å². The molecule has 34 heavy (non-hydrogen) atoms. The number of carbonyl (C=O) groups excluding carboxylic acids is 1. The Kier molecular flexibility index (Phi) is 5.82. The standard InChI is InChI=1S/C27H23N3O4/c1-17-21-15-20(32-2)13-14-22(21)33-25(17)26-29-23(34-30-26)16-28-27(31)24(18-9-5-3-6-10-18)19-11-7-4-8-12-19/h3-15,24H,16H2,1-2H3,(H,28,31). The zero-order valence-electron chi connectivity index (χ0n) is 18.8. The molecular formula is C27H23N3O4. The minimum absolute atomic E-state index is 0.106. The maximum atomic E-state index is 13.2. The van der Waals surface area contributed by atoms with Crippen LogP contribution in [0.25, 0.3) is 22.6 Å². The van der Waals surface area contributed by atoms with Crippen LogP contribution in [0.4, 0.5) is 0 Å². The van der Waals surface area contributed by atoms with E-state index in [2.05, 4.69) is 15.5 Å². The van der Waals surface area contributed by atoms with Crippen molar-refractivity contribution in [1.82, 2.24) is 15.5 Å². The zero-order valence-corrected chi connectivity index (χ0v) is 18.8. The van der Waals surface area contributed by atoms with Gasteiger partial charge in [0.25, 0.3) is 0 Å². The number of methoxy groups -OCH3 is 1. The van der Waals surface area contributed by atoms with E-state index in [1.807, 2.05) is 85.8 Å². The van der Waals surface area contributed by atoms with Gasteiger partial charge < -0.3 is 19.0 Å². The van der Waals surface area contributed by atoms with E-state index < -0.39 is 5.92 Å². The quantitative estimate of drug-likeness (QED) is 0.362. The van der Waals surface area contributed by atoms with Crippen LogP contribution in [0.5, 0.6) is 5.75 Å². The molecule has 0 saturated heterocycles. The number of aromatic nitrogens is 2. The van der Waals surface area contributed by atoms with Gasteiger partial charge in [0.15, 0.2) is 5.76 Å². The van der Waals surface area contributed by atoms with Crippen LogP contribution in [0.2, 0.25) is 0 Å². The minimum atomic E-state index is -0.447. The first-order valence-corrected chi connectivity index (χ1v) is 10.9. The van der Waals surface area contributed by atoms with Gasteiger partial charge in [0, 0.05) is 10.9 Å². The highest BCUT2D eigenvalue weighted by atomic mass is 16.5. The summed E-state index contributed by atoms with van der Waals surface area (Å²) in [6, 6.07) is 24.9. The number of amides is 1. The highest BCUT2D eigenvalue weighted by Crippen LogP contribution is 2.33. The van der Waals surface area contributed by atoms with Gasteiger partial charge in [-0.3, -0.25) is 4.79 Å². The highest BCUT2D eigenvalue weighted by Gasteiger charge is 2.24. The lowest BCUT2D eigenvalue weighted by Crippen LogP contribution is -2.29. The predicted molar refractivity (Wildman–Crippen MR) is 127 cm³/mol. The Labute approximate surface area is 196 Å². The maximum absolute atomic E-state index is 13.2. The smallest absolute Gasteiger partial charge is 0.246 e. The van der Waals surface area contributed by atoms with Gasteiger partial charge in [-0.2, -0.15) is 4.98 Å². The van der Waals surface area contributed by atoms with Crippen molar-refractivity contribution in [3.05, 3.63) is 101 Å². The topological polar surface area (TPSA) is 90.4 Å². The summed E-state index contributed by atoms with van der Waals surface area (Å²) in [5, 5.41) is 7.92. The Balaban J connectivity index is 1.35. The molecule has 0 radical (unpaired) electrons. The average molecular weight is 453 g/mol. The molecule has 2 heterocycles. The fraction of sp³-hybridized carbons (Fsp3) is 0.148. The molecule has 0 unspecified atom stereocenters. The van der Waals surface area contributed by atoms with Gasteiger partial charge in [-0.05, 0) is 36.2 Å². The molecule has 1 N–H and O–H groups in total. The zero-order chi connectivity index (χ0) is 23.5. The molecule has 2 aromatic heterocycles. The number of nitrogens with zero attached hydrogens (tertiary/aromatic N) is 2. The molecule has 0 saturated carbocycles. The molecule has 0 spiro atoms. The van der Waals surface area contributed by atoms with Gasteiger partial charge >= 0.3 is 0 Å². The predicted octanol–water partition coefficient (Wildman–Crippen LogP) is 5.25. The van der Waals surface area contributed by atoms with Crippen LogP contribution in [0.3, 0.4) is 0 Å². The van der Waals surface area contributed by atoms with E-state index in [1.165, 1.54) is 0 Å². The number of rotatable bonds is 7. The number of nitrogens with one attached hydrogen (secondary N) is 1. The number of aryl methyl sites for hydroxylation is 1. The van der Waals surface area contributed by atoms with E-state index in [0.717, 1.165) is 27.8 Å². The van der Waals surface area contributed by atoms with Crippen molar-refractivity contribution in [1.29, 1.82) is 0 Å². The molecule has 7 nitrogen and oxygen atoms in total. The van der Waals surface area contributed by atoms with Crippen LogP contribution in [0.15, 0.2) is 87.8 Å². The summed E-state index contributed by atoms with van der Waals surface area (Å²) in [7, 11) is 1.62. The van der Waals surface area contributed by atoms with Crippen molar-refractivity contribution >= 4 is 16.9 Å². The fourth-order valence-electron chi connectivity index (χ4n) is 4.01. The van der Waals surface area contributed by atoms with Crippen molar-refractivity contribution in [2.45, 2.75) is 19.4 Å². The van der Waals surface area contributed by atoms with Crippen LogP contribution < -0.4 is 10.1 Å². The molecule has 0 fully saturated rings. The second kappa shape index (κ2) is 9.23. The lowest BCUT2D eigenvalue weighted by molar-refractivity contribution is -0.122. The molecule has 3 aromatic carbocycles. The monoisotopic (exact) mass is 453 g/mol. The average Bonchev–Trinajstić information content (AvgIpc) is 3.48. The van der Waals surface area contributed by atoms with Gasteiger partial charge in [0.05, 0.1) is 19.6 Å².